The quantitative estimate of drug-likeness (QED) is 0.431. The van der Waals surface area contributed by atoms with E-state index in [-0.39, 0.29) is 0 Å². The molecule has 0 unspecified atom stereocenters. The zero-order chi connectivity index (χ0) is 19.1. The number of oxazole rings is 1. The normalized spacial score (nSPS) is 12.1. The van der Waals surface area contributed by atoms with E-state index in [1.54, 1.807) is 24.6 Å². The number of pyridine rings is 1. The van der Waals surface area contributed by atoms with E-state index in [0.717, 1.165) is 34.9 Å². The number of aryl methyl sites for hydroxylation is 1. The minimum Gasteiger partial charge on any atom is -0.492 e. The number of aromatic nitrogens is 2. The third-order valence-corrected chi connectivity index (χ3v) is 4.25. The lowest BCUT2D eigenvalue weighted by Crippen LogP contribution is -2.26. The Labute approximate surface area is 163 Å². The maximum atomic E-state index is 10.1. The van der Waals surface area contributed by atoms with Crippen molar-refractivity contribution in [3.05, 3.63) is 65.5 Å². The molecule has 0 bridgehead atoms. The number of rotatable bonds is 9. The second-order valence-electron chi connectivity index (χ2n) is 5.99. The molecule has 3 rings (SSSR count). The van der Waals surface area contributed by atoms with Gasteiger partial charge in [-0.1, -0.05) is 24.6 Å². The summed E-state index contributed by atoms with van der Waals surface area (Å²) in [4.78, 5) is 8.37. The van der Waals surface area contributed by atoms with Crippen molar-refractivity contribution in [3.63, 3.8) is 0 Å². The fourth-order valence-corrected chi connectivity index (χ4v) is 2.62. The van der Waals surface area contributed by atoms with Crippen LogP contribution in [0.15, 0.2) is 53.3 Å². The Bertz CT molecular complexity index is 834. The third-order valence-electron chi connectivity index (χ3n) is 4.02. The zero-order valence-electron chi connectivity index (χ0n) is 15.1. The van der Waals surface area contributed by atoms with Crippen LogP contribution in [0.3, 0.4) is 0 Å². The predicted octanol–water partition coefficient (Wildman–Crippen LogP) is 3.65. The van der Waals surface area contributed by atoms with Crippen LogP contribution in [0.5, 0.6) is 5.75 Å². The van der Waals surface area contributed by atoms with E-state index in [0.29, 0.717) is 24.8 Å². The van der Waals surface area contributed by atoms with Crippen molar-refractivity contribution in [1.82, 2.24) is 15.3 Å². The van der Waals surface area contributed by atoms with Gasteiger partial charge in [-0.2, -0.15) is 0 Å². The lowest BCUT2D eigenvalue weighted by Gasteiger charge is -2.12. The van der Waals surface area contributed by atoms with E-state index in [1.165, 1.54) is 0 Å². The molecule has 27 heavy (non-hydrogen) atoms. The van der Waals surface area contributed by atoms with Gasteiger partial charge in [0.1, 0.15) is 29.5 Å². The molecule has 1 aromatic carbocycles. The summed E-state index contributed by atoms with van der Waals surface area (Å²) in [6, 6.07) is 11.1. The van der Waals surface area contributed by atoms with Gasteiger partial charge >= 0.3 is 0 Å². The minimum atomic E-state index is -0.635. The molecule has 0 fully saturated rings. The van der Waals surface area contributed by atoms with Crippen molar-refractivity contribution in [1.29, 1.82) is 0 Å². The number of ether oxygens (including phenoxy) is 1. The SMILES string of the molecule is CCc1nc(-c2ccc(OCCNC[C@H](O)c3ccc(Cl)nc3)cc2)co1. The first-order valence-electron chi connectivity index (χ1n) is 8.83. The highest BCUT2D eigenvalue weighted by atomic mass is 35.5. The lowest BCUT2D eigenvalue weighted by atomic mass is 10.1. The molecule has 142 valence electrons. The molecule has 1 atom stereocenters. The smallest absolute Gasteiger partial charge is 0.194 e. The number of halogens is 1. The van der Waals surface area contributed by atoms with Crippen LogP contribution in [-0.2, 0) is 6.42 Å². The Morgan fingerprint density at radius 3 is 2.70 bits per heavy atom. The molecule has 2 N–H and O–H groups in total. The molecule has 0 spiro atoms. The summed E-state index contributed by atoms with van der Waals surface area (Å²) >= 11 is 5.74. The summed E-state index contributed by atoms with van der Waals surface area (Å²) in [5.41, 5.74) is 2.54. The molecular formula is C20H22ClN3O3. The van der Waals surface area contributed by atoms with E-state index in [4.69, 9.17) is 20.8 Å². The van der Waals surface area contributed by atoms with Gasteiger partial charge in [0, 0.05) is 36.8 Å². The van der Waals surface area contributed by atoms with Gasteiger partial charge in [0.05, 0.1) is 6.10 Å². The number of aliphatic hydroxyl groups excluding tert-OH is 1. The van der Waals surface area contributed by atoms with Crippen molar-refractivity contribution in [2.24, 2.45) is 0 Å². The first kappa shape index (κ1) is 19.4. The van der Waals surface area contributed by atoms with Crippen LogP contribution in [0.2, 0.25) is 5.15 Å². The summed E-state index contributed by atoms with van der Waals surface area (Å²) in [6.07, 6.45) is 3.38. The second kappa shape index (κ2) is 9.50. The van der Waals surface area contributed by atoms with Crippen LogP contribution in [0, 0.1) is 0 Å². The summed E-state index contributed by atoms with van der Waals surface area (Å²) in [5, 5.41) is 13.7. The molecule has 0 aliphatic heterocycles. The molecule has 0 saturated heterocycles. The first-order chi connectivity index (χ1) is 13.2. The highest BCUT2D eigenvalue weighted by Crippen LogP contribution is 2.22. The second-order valence-corrected chi connectivity index (χ2v) is 6.37. The van der Waals surface area contributed by atoms with Crippen LogP contribution < -0.4 is 10.1 Å². The van der Waals surface area contributed by atoms with Gasteiger partial charge in [0.25, 0.3) is 0 Å². The maximum absolute atomic E-state index is 10.1. The fraction of sp³-hybridized carbons (Fsp3) is 0.300. The standard InChI is InChI=1S/C20H22ClN3O3/c1-2-20-24-17(13-27-20)14-3-6-16(7-4-14)26-10-9-22-12-18(25)15-5-8-19(21)23-11-15/h3-8,11,13,18,22,25H,2,9-10,12H2,1H3/t18-/m0/s1. The number of hydrogen-bond acceptors (Lipinski definition) is 6. The van der Waals surface area contributed by atoms with Gasteiger partial charge in [0.2, 0.25) is 0 Å². The van der Waals surface area contributed by atoms with Crippen LogP contribution in [0.4, 0.5) is 0 Å². The highest BCUT2D eigenvalue weighted by molar-refractivity contribution is 6.29. The number of nitrogens with one attached hydrogen (secondary N) is 1. The van der Waals surface area contributed by atoms with Gasteiger partial charge < -0.3 is 19.6 Å². The largest absolute Gasteiger partial charge is 0.492 e. The molecule has 3 aromatic rings. The van der Waals surface area contributed by atoms with Crippen LogP contribution in [0.1, 0.15) is 24.5 Å². The molecule has 6 nitrogen and oxygen atoms in total. The van der Waals surface area contributed by atoms with Crippen molar-refractivity contribution < 1.29 is 14.3 Å². The average molecular weight is 388 g/mol. The molecule has 0 aliphatic rings. The third kappa shape index (κ3) is 5.53. The summed E-state index contributed by atoms with van der Waals surface area (Å²) in [7, 11) is 0. The number of aliphatic hydroxyl groups is 1. The Morgan fingerprint density at radius 2 is 2.04 bits per heavy atom. The van der Waals surface area contributed by atoms with E-state index in [2.05, 4.69) is 15.3 Å². The van der Waals surface area contributed by atoms with Gasteiger partial charge in [0.15, 0.2) is 5.89 Å². The fourth-order valence-electron chi connectivity index (χ4n) is 2.51. The number of nitrogens with zero attached hydrogens (tertiary/aromatic N) is 2. The number of benzene rings is 1. The molecular weight excluding hydrogens is 366 g/mol. The van der Waals surface area contributed by atoms with Gasteiger partial charge in [-0.3, -0.25) is 0 Å². The van der Waals surface area contributed by atoms with Gasteiger partial charge in [-0.05, 0) is 30.3 Å². The van der Waals surface area contributed by atoms with E-state index in [1.807, 2.05) is 31.2 Å². The van der Waals surface area contributed by atoms with Crippen molar-refractivity contribution in [2.75, 3.05) is 19.7 Å². The van der Waals surface area contributed by atoms with E-state index in [9.17, 15) is 5.11 Å². The van der Waals surface area contributed by atoms with Crippen molar-refractivity contribution in [2.45, 2.75) is 19.4 Å². The molecule has 7 heteroatoms. The van der Waals surface area contributed by atoms with Crippen molar-refractivity contribution >= 4 is 11.6 Å². The molecule has 2 aromatic heterocycles. The molecule has 0 saturated carbocycles. The van der Waals surface area contributed by atoms with Gasteiger partial charge in [-0.15, -0.1) is 0 Å². The monoisotopic (exact) mass is 387 g/mol. The topological polar surface area (TPSA) is 80.4 Å². The van der Waals surface area contributed by atoms with Crippen molar-refractivity contribution in [3.8, 4) is 17.0 Å². The van der Waals surface area contributed by atoms with E-state index < -0.39 is 6.10 Å². The Balaban J connectivity index is 1.39. The molecule has 0 aliphatic carbocycles. The summed E-state index contributed by atoms with van der Waals surface area (Å²) < 4.78 is 11.1. The van der Waals surface area contributed by atoms with E-state index >= 15 is 0 Å². The first-order valence-corrected chi connectivity index (χ1v) is 9.21. The Morgan fingerprint density at radius 1 is 1.22 bits per heavy atom. The molecule has 0 amide bonds. The summed E-state index contributed by atoms with van der Waals surface area (Å²) in [5.74, 6) is 1.51. The summed E-state index contributed by atoms with van der Waals surface area (Å²) in [6.45, 7) is 3.53. The molecule has 0 radical (unpaired) electrons. The van der Waals surface area contributed by atoms with Crippen LogP contribution in [0.25, 0.3) is 11.3 Å². The maximum Gasteiger partial charge on any atom is 0.194 e. The Kier molecular flexibility index (Phi) is 6.81. The highest BCUT2D eigenvalue weighted by Gasteiger charge is 2.08. The number of hydrogen-bond donors (Lipinski definition) is 2. The van der Waals surface area contributed by atoms with Crippen LogP contribution >= 0.6 is 11.6 Å². The average Bonchev–Trinajstić information content (AvgIpc) is 3.18. The predicted molar refractivity (Wildman–Crippen MR) is 104 cm³/mol. The van der Waals surface area contributed by atoms with Crippen LogP contribution in [-0.4, -0.2) is 34.8 Å². The molecule has 2 heterocycles. The van der Waals surface area contributed by atoms with Gasteiger partial charge in [-0.25, -0.2) is 9.97 Å². The lowest BCUT2D eigenvalue weighted by molar-refractivity contribution is 0.171. The zero-order valence-corrected chi connectivity index (χ0v) is 15.8. The minimum absolute atomic E-state index is 0.410. The Hall–Kier alpha value is -2.41.